The summed E-state index contributed by atoms with van der Waals surface area (Å²) in [5.41, 5.74) is 0.864. The predicted molar refractivity (Wildman–Crippen MR) is 104 cm³/mol. The van der Waals surface area contributed by atoms with E-state index in [2.05, 4.69) is 4.98 Å². The van der Waals surface area contributed by atoms with E-state index in [1.165, 1.54) is 0 Å². The molecule has 128 valence electrons. The first-order valence-corrected chi connectivity index (χ1v) is 8.90. The largest absolute Gasteiger partial charge is 0.380 e. The standard InChI is InChI=1S/C20H16Cl3NO/c1-13(18-9-8-17(22)11-19(18)23)20(25,15-3-2-10-24-12-15)14-4-6-16(21)7-5-14/h2-13,25H,1H3. The average molecular weight is 393 g/mol. The first-order chi connectivity index (χ1) is 11.9. The Bertz CT molecular complexity index is 868. The Hall–Kier alpha value is -1.58. The predicted octanol–water partition coefficient (Wildman–Crippen LogP) is 6.08. The van der Waals surface area contributed by atoms with Crippen LogP contribution in [-0.4, -0.2) is 10.1 Å². The van der Waals surface area contributed by atoms with E-state index in [0.29, 0.717) is 26.2 Å². The quantitative estimate of drug-likeness (QED) is 0.583. The van der Waals surface area contributed by atoms with Crippen LogP contribution in [0.3, 0.4) is 0 Å². The minimum absolute atomic E-state index is 0.345. The second kappa shape index (κ2) is 7.35. The van der Waals surface area contributed by atoms with E-state index < -0.39 is 5.60 Å². The van der Waals surface area contributed by atoms with E-state index in [1.54, 1.807) is 42.7 Å². The summed E-state index contributed by atoms with van der Waals surface area (Å²) in [5.74, 6) is -0.345. The molecule has 2 nitrogen and oxygen atoms in total. The molecule has 3 aromatic rings. The van der Waals surface area contributed by atoms with Gasteiger partial charge in [0.05, 0.1) is 0 Å². The highest BCUT2D eigenvalue weighted by Crippen LogP contribution is 2.44. The van der Waals surface area contributed by atoms with Crippen LogP contribution in [0.15, 0.2) is 67.0 Å². The van der Waals surface area contributed by atoms with Crippen LogP contribution < -0.4 is 0 Å². The topological polar surface area (TPSA) is 33.1 Å². The summed E-state index contributed by atoms with van der Waals surface area (Å²) >= 11 is 18.4. The van der Waals surface area contributed by atoms with Crippen LogP contribution in [-0.2, 0) is 5.60 Å². The molecule has 5 heteroatoms. The van der Waals surface area contributed by atoms with Crippen molar-refractivity contribution >= 4 is 34.8 Å². The number of nitrogens with zero attached hydrogens (tertiary/aromatic N) is 1. The molecular weight excluding hydrogens is 377 g/mol. The van der Waals surface area contributed by atoms with E-state index in [9.17, 15) is 5.11 Å². The van der Waals surface area contributed by atoms with Crippen molar-refractivity contribution in [2.45, 2.75) is 18.4 Å². The van der Waals surface area contributed by atoms with Gasteiger partial charge in [-0.15, -0.1) is 0 Å². The Labute approximate surface area is 162 Å². The molecule has 3 rings (SSSR count). The molecule has 0 bridgehead atoms. The minimum atomic E-state index is -1.32. The van der Waals surface area contributed by atoms with Crippen LogP contribution in [0.5, 0.6) is 0 Å². The summed E-state index contributed by atoms with van der Waals surface area (Å²) in [4.78, 5) is 4.17. The third-order valence-corrected chi connectivity index (χ3v) is 5.26. The Morgan fingerprint density at radius 3 is 2.20 bits per heavy atom. The fourth-order valence-electron chi connectivity index (χ4n) is 3.04. The molecule has 0 aliphatic rings. The highest BCUT2D eigenvalue weighted by Gasteiger charge is 2.39. The highest BCUT2D eigenvalue weighted by atomic mass is 35.5. The molecule has 0 amide bonds. The summed E-state index contributed by atoms with van der Waals surface area (Å²) < 4.78 is 0. The molecule has 2 aromatic carbocycles. The molecular formula is C20H16Cl3NO. The first kappa shape index (κ1) is 18.2. The lowest BCUT2D eigenvalue weighted by Gasteiger charge is -2.36. The van der Waals surface area contributed by atoms with Crippen LogP contribution >= 0.6 is 34.8 Å². The number of benzene rings is 2. The van der Waals surface area contributed by atoms with Crippen molar-refractivity contribution in [1.29, 1.82) is 0 Å². The maximum atomic E-state index is 11.8. The molecule has 0 aliphatic carbocycles. The van der Waals surface area contributed by atoms with Crippen molar-refractivity contribution in [2.24, 2.45) is 0 Å². The smallest absolute Gasteiger partial charge is 0.123 e. The second-order valence-corrected chi connectivity index (χ2v) is 7.18. The molecule has 0 spiro atoms. The van der Waals surface area contributed by atoms with Gasteiger partial charge in [-0.25, -0.2) is 0 Å². The van der Waals surface area contributed by atoms with E-state index >= 15 is 0 Å². The Morgan fingerprint density at radius 1 is 0.920 bits per heavy atom. The maximum absolute atomic E-state index is 11.8. The zero-order valence-corrected chi connectivity index (χ0v) is 15.7. The maximum Gasteiger partial charge on any atom is 0.123 e. The van der Waals surface area contributed by atoms with Crippen LogP contribution in [0, 0.1) is 0 Å². The van der Waals surface area contributed by atoms with Gasteiger partial charge in [0, 0.05) is 38.9 Å². The number of aromatic nitrogens is 1. The fraction of sp³-hybridized carbons (Fsp3) is 0.150. The van der Waals surface area contributed by atoms with Crippen molar-refractivity contribution in [2.75, 3.05) is 0 Å². The van der Waals surface area contributed by atoms with E-state index in [4.69, 9.17) is 34.8 Å². The normalized spacial score (nSPS) is 14.8. The molecule has 1 aromatic heterocycles. The van der Waals surface area contributed by atoms with Gasteiger partial charge >= 0.3 is 0 Å². The van der Waals surface area contributed by atoms with Gasteiger partial charge in [-0.3, -0.25) is 4.98 Å². The molecule has 1 heterocycles. The summed E-state index contributed by atoms with van der Waals surface area (Å²) in [6.07, 6.45) is 3.33. The zero-order valence-electron chi connectivity index (χ0n) is 13.5. The monoisotopic (exact) mass is 391 g/mol. The number of hydrogen-bond donors (Lipinski definition) is 1. The van der Waals surface area contributed by atoms with Gasteiger partial charge in [-0.1, -0.05) is 66.0 Å². The summed E-state index contributed by atoms with van der Waals surface area (Å²) in [5, 5.41) is 13.5. The van der Waals surface area contributed by atoms with Crippen molar-refractivity contribution in [3.63, 3.8) is 0 Å². The highest BCUT2D eigenvalue weighted by molar-refractivity contribution is 6.35. The Kier molecular flexibility index (Phi) is 5.35. The number of halogens is 3. The number of hydrogen-bond acceptors (Lipinski definition) is 2. The van der Waals surface area contributed by atoms with Gasteiger partial charge in [0.1, 0.15) is 5.60 Å². The molecule has 0 aliphatic heterocycles. The summed E-state index contributed by atoms with van der Waals surface area (Å²) in [6.45, 7) is 1.93. The molecule has 0 radical (unpaired) electrons. The van der Waals surface area contributed by atoms with Gasteiger partial charge in [-0.2, -0.15) is 0 Å². The number of rotatable bonds is 4. The van der Waals surface area contributed by atoms with Crippen LogP contribution in [0.2, 0.25) is 15.1 Å². The molecule has 25 heavy (non-hydrogen) atoms. The average Bonchev–Trinajstić information content (AvgIpc) is 2.62. The lowest BCUT2D eigenvalue weighted by molar-refractivity contribution is 0.0551. The first-order valence-electron chi connectivity index (χ1n) is 7.77. The molecule has 0 fully saturated rings. The summed E-state index contributed by atoms with van der Waals surface area (Å²) in [6, 6.07) is 16.1. The summed E-state index contributed by atoms with van der Waals surface area (Å²) in [7, 11) is 0. The van der Waals surface area contributed by atoms with Gasteiger partial charge in [0.15, 0.2) is 0 Å². The second-order valence-electron chi connectivity index (χ2n) is 5.90. The van der Waals surface area contributed by atoms with Crippen molar-refractivity contribution in [3.05, 3.63) is 98.7 Å². The molecule has 2 atom stereocenters. The van der Waals surface area contributed by atoms with E-state index in [1.807, 2.05) is 31.2 Å². The van der Waals surface area contributed by atoms with Gasteiger partial charge in [0.25, 0.3) is 0 Å². The van der Waals surface area contributed by atoms with Crippen LogP contribution in [0.25, 0.3) is 0 Å². The van der Waals surface area contributed by atoms with E-state index in [-0.39, 0.29) is 5.92 Å². The third kappa shape index (κ3) is 3.54. The van der Waals surface area contributed by atoms with Gasteiger partial charge in [0.2, 0.25) is 0 Å². The van der Waals surface area contributed by atoms with Crippen molar-refractivity contribution in [1.82, 2.24) is 4.98 Å². The number of pyridine rings is 1. The van der Waals surface area contributed by atoms with Gasteiger partial charge in [-0.05, 0) is 41.5 Å². The molecule has 2 unspecified atom stereocenters. The van der Waals surface area contributed by atoms with Crippen molar-refractivity contribution < 1.29 is 5.11 Å². The minimum Gasteiger partial charge on any atom is -0.380 e. The van der Waals surface area contributed by atoms with Crippen LogP contribution in [0.4, 0.5) is 0 Å². The Morgan fingerprint density at radius 2 is 1.60 bits per heavy atom. The van der Waals surface area contributed by atoms with Gasteiger partial charge < -0.3 is 5.11 Å². The SMILES string of the molecule is CC(c1ccc(Cl)cc1Cl)C(O)(c1ccc(Cl)cc1)c1cccnc1. The van der Waals surface area contributed by atoms with Crippen molar-refractivity contribution in [3.8, 4) is 0 Å². The van der Waals surface area contributed by atoms with Crippen LogP contribution in [0.1, 0.15) is 29.5 Å². The van der Waals surface area contributed by atoms with E-state index in [0.717, 1.165) is 5.56 Å². The third-order valence-electron chi connectivity index (χ3n) is 4.44. The molecule has 0 saturated heterocycles. The molecule has 0 saturated carbocycles. The number of aliphatic hydroxyl groups is 1. The Balaban J connectivity index is 2.19. The fourth-order valence-corrected chi connectivity index (χ4v) is 3.73. The zero-order chi connectivity index (χ0) is 18.0. The lowest BCUT2D eigenvalue weighted by Crippen LogP contribution is -2.33. The molecule has 1 N–H and O–H groups in total. The lowest BCUT2D eigenvalue weighted by atomic mass is 9.74.